The summed E-state index contributed by atoms with van der Waals surface area (Å²) in [6.45, 7) is 6.54. The van der Waals surface area contributed by atoms with Crippen LogP contribution in [-0.2, 0) is 15.5 Å². The molecule has 180 valence electrons. The largest absolute Gasteiger partial charge is 0.444 e. The zero-order chi connectivity index (χ0) is 24.3. The molecule has 1 aliphatic heterocycles. The van der Waals surface area contributed by atoms with Crippen molar-refractivity contribution in [1.82, 2.24) is 20.1 Å². The number of hydrogen-bond donors (Lipinski definition) is 2. The maximum atomic E-state index is 13.3. The van der Waals surface area contributed by atoms with Crippen LogP contribution in [0.25, 0.3) is 11.3 Å². The zero-order valence-corrected chi connectivity index (χ0v) is 20.9. The molecule has 8 nitrogen and oxygen atoms in total. The summed E-state index contributed by atoms with van der Waals surface area (Å²) in [5.74, 6) is 1.05. The molecule has 10 heteroatoms. The van der Waals surface area contributed by atoms with Crippen LogP contribution in [-0.4, -0.2) is 54.3 Å². The van der Waals surface area contributed by atoms with Crippen LogP contribution in [0.1, 0.15) is 33.6 Å². The van der Waals surface area contributed by atoms with Crippen molar-refractivity contribution in [3.63, 3.8) is 0 Å². The monoisotopic (exact) mass is 501 g/mol. The maximum absolute atomic E-state index is 13.3. The number of piperidine rings is 1. The smallest absolute Gasteiger partial charge is 0.410 e. The van der Waals surface area contributed by atoms with Crippen LogP contribution >= 0.6 is 11.6 Å². The van der Waals surface area contributed by atoms with E-state index in [1.54, 1.807) is 17.0 Å². The Labute approximate surface area is 206 Å². The van der Waals surface area contributed by atoms with Gasteiger partial charge in [0.15, 0.2) is 5.82 Å². The Kier molecular flexibility index (Phi) is 7.23. The highest BCUT2D eigenvalue weighted by Crippen LogP contribution is 2.27. The number of H-pyrrole nitrogens is 1. The van der Waals surface area contributed by atoms with Gasteiger partial charge in [-0.2, -0.15) is 5.10 Å². The van der Waals surface area contributed by atoms with Crippen LogP contribution in [0.4, 0.5) is 16.4 Å². The van der Waals surface area contributed by atoms with E-state index in [2.05, 4.69) is 20.5 Å². The average molecular weight is 502 g/mol. The number of rotatable bonds is 5. The standard InChI is InChI=1S/C24H28ClN5O3S/c1-24(2,3)33-23(31)30-11-9-17(10-12-30)34(32)18-13-20(25)26-21(14-18)27-22-15-19(28-29-22)16-7-5-4-6-8-16/h4-8,13-15,17H,9-12H2,1-3H3,(H2,26,27,28,29). The molecule has 0 spiro atoms. The molecule has 34 heavy (non-hydrogen) atoms. The summed E-state index contributed by atoms with van der Waals surface area (Å²) in [5.41, 5.74) is 1.34. The Hall–Kier alpha value is -2.91. The molecule has 4 rings (SSSR count). The molecule has 1 atom stereocenters. The number of ether oxygens (including phenoxy) is 1. The quantitative estimate of drug-likeness (QED) is 0.455. The van der Waals surface area contributed by atoms with Gasteiger partial charge < -0.3 is 15.0 Å². The van der Waals surface area contributed by atoms with E-state index in [1.807, 2.05) is 57.2 Å². The molecule has 0 aliphatic carbocycles. The second kappa shape index (κ2) is 10.1. The number of carbonyl (C=O) groups excluding carboxylic acids is 1. The lowest BCUT2D eigenvalue weighted by atomic mass is 10.1. The Morgan fingerprint density at radius 1 is 1.15 bits per heavy atom. The number of amides is 1. The first-order chi connectivity index (χ1) is 16.2. The minimum absolute atomic E-state index is 0.0833. The zero-order valence-electron chi connectivity index (χ0n) is 19.4. The third kappa shape index (κ3) is 6.15. The fraction of sp³-hybridized carbons (Fsp3) is 0.375. The molecule has 1 fully saturated rings. The topological polar surface area (TPSA) is 100 Å². The molecule has 2 N–H and O–H groups in total. The lowest BCUT2D eigenvalue weighted by molar-refractivity contribution is 0.0218. The molecule has 0 bridgehead atoms. The van der Waals surface area contributed by atoms with Crippen LogP contribution in [0.15, 0.2) is 53.4 Å². The molecular formula is C24H28ClN5O3S. The Morgan fingerprint density at radius 3 is 2.53 bits per heavy atom. The fourth-order valence-electron chi connectivity index (χ4n) is 3.71. The number of carbonyl (C=O) groups is 1. The maximum Gasteiger partial charge on any atom is 0.410 e. The summed E-state index contributed by atoms with van der Waals surface area (Å²) < 4.78 is 18.7. The molecule has 2 aromatic heterocycles. The summed E-state index contributed by atoms with van der Waals surface area (Å²) in [4.78, 5) is 18.9. The molecule has 1 saturated heterocycles. The molecule has 0 saturated carbocycles. The van der Waals surface area contributed by atoms with Crippen molar-refractivity contribution in [2.75, 3.05) is 18.4 Å². The van der Waals surface area contributed by atoms with Gasteiger partial charge in [0.2, 0.25) is 0 Å². The van der Waals surface area contributed by atoms with E-state index >= 15 is 0 Å². The SMILES string of the molecule is CC(C)(C)OC(=O)N1CCC(S(=O)c2cc(Cl)nc(Nc3cc(-c4ccccc4)[nH]n3)c2)CC1. The number of halogens is 1. The minimum atomic E-state index is -1.29. The Morgan fingerprint density at radius 2 is 1.85 bits per heavy atom. The van der Waals surface area contributed by atoms with Crippen molar-refractivity contribution in [3.05, 3.63) is 53.7 Å². The number of aromatic nitrogens is 3. The predicted molar refractivity (Wildman–Crippen MR) is 134 cm³/mol. The lowest BCUT2D eigenvalue weighted by Crippen LogP contribution is -2.43. The molecule has 3 aromatic rings. The highest BCUT2D eigenvalue weighted by molar-refractivity contribution is 7.85. The third-order valence-corrected chi connectivity index (χ3v) is 7.29. The summed E-state index contributed by atoms with van der Waals surface area (Å²) in [6.07, 6.45) is 0.909. The molecule has 1 unspecified atom stereocenters. The number of nitrogens with one attached hydrogen (secondary N) is 2. The van der Waals surface area contributed by atoms with Crippen LogP contribution in [0.5, 0.6) is 0 Å². The van der Waals surface area contributed by atoms with Crippen molar-refractivity contribution in [2.45, 2.75) is 49.4 Å². The van der Waals surface area contributed by atoms with Crippen LogP contribution in [0.3, 0.4) is 0 Å². The molecule has 1 aliphatic rings. The van der Waals surface area contributed by atoms with Gasteiger partial charge in [-0.25, -0.2) is 9.78 Å². The van der Waals surface area contributed by atoms with Crippen molar-refractivity contribution < 1.29 is 13.7 Å². The number of aromatic amines is 1. The van der Waals surface area contributed by atoms with E-state index in [1.165, 1.54) is 0 Å². The van der Waals surface area contributed by atoms with E-state index in [-0.39, 0.29) is 16.5 Å². The van der Waals surface area contributed by atoms with Crippen LogP contribution < -0.4 is 5.32 Å². The van der Waals surface area contributed by atoms with E-state index < -0.39 is 16.4 Å². The number of pyridine rings is 1. The average Bonchev–Trinajstić information content (AvgIpc) is 3.26. The second-order valence-corrected chi connectivity index (χ2v) is 11.3. The molecule has 1 amide bonds. The first-order valence-corrected chi connectivity index (χ1v) is 12.7. The van der Waals surface area contributed by atoms with Gasteiger partial charge in [0, 0.05) is 29.3 Å². The summed E-state index contributed by atoms with van der Waals surface area (Å²) in [5, 5.41) is 10.6. The number of likely N-dealkylation sites (tertiary alicyclic amines) is 1. The van der Waals surface area contributed by atoms with Gasteiger partial charge in [0.25, 0.3) is 0 Å². The van der Waals surface area contributed by atoms with Gasteiger partial charge in [-0.05, 0) is 51.3 Å². The Bertz CT molecular complexity index is 1170. The third-order valence-electron chi connectivity index (χ3n) is 5.32. The summed E-state index contributed by atoms with van der Waals surface area (Å²) in [6, 6.07) is 15.1. The highest BCUT2D eigenvalue weighted by Gasteiger charge is 2.30. The lowest BCUT2D eigenvalue weighted by Gasteiger charge is -2.33. The minimum Gasteiger partial charge on any atom is -0.444 e. The van der Waals surface area contributed by atoms with Gasteiger partial charge in [-0.1, -0.05) is 41.9 Å². The van der Waals surface area contributed by atoms with E-state index in [9.17, 15) is 9.00 Å². The van der Waals surface area contributed by atoms with E-state index in [4.69, 9.17) is 16.3 Å². The first kappa shape index (κ1) is 24.2. The number of benzene rings is 1. The Balaban J connectivity index is 1.41. The van der Waals surface area contributed by atoms with E-state index in [0.717, 1.165) is 11.3 Å². The first-order valence-electron chi connectivity index (χ1n) is 11.1. The van der Waals surface area contributed by atoms with Crippen molar-refractivity contribution >= 4 is 40.1 Å². The van der Waals surface area contributed by atoms with Crippen LogP contribution in [0.2, 0.25) is 5.15 Å². The number of nitrogens with zero attached hydrogens (tertiary/aromatic N) is 3. The van der Waals surface area contributed by atoms with Crippen molar-refractivity contribution in [1.29, 1.82) is 0 Å². The van der Waals surface area contributed by atoms with Crippen molar-refractivity contribution in [3.8, 4) is 11.3 Å². The van der Waals surface area contributed by atoms with E-state index in [0.29, 0.717) is 42.5 Å². The predicted octanol–water partition coefficient (Wildman–Crippen LogP) is 5.38. The summed E-state index contributed by atoms with van der Waals surface area (Å²) >= 11 is 6.24. The fourth-order valence-corrected chi connectivity index (χ4v) is 5.46. The molecule has 3 heterocycles. The normalized spacial score (nSPS) is 15.7. The highest BCUT2D eigenvalue weighted by atomic mass is 35.5. The van der Waals surface area contributed by atoms with Crippen molar-refractivity contribution in [2.24, 2.45) is 0 Å². The van der Waals surface area contributed by atoms with Gasteiger partial charge in [-0.3, -0.25) is 9.31 Å². The second-order valence-electron chi connectivity index (χ2n) is 9.13. The number of hydrogen-bond acceptors (Lipinski definition) is 6. The number of anilines is 2. The van der Waals surface area contributed by atoms with Gasteiger partial charge in [0.1, 0.15) is 16.6 Å². The van der Waals surface area contributed by atoms with Gasteiger partial charge in [0.05, 0.1) is 16.5 Å². The van der Waals surface area contributed by atoms with Crippen LogP contribution in [0, 0.1) is 0 Å². The summed E-state index contributed by atoms with van der Waals surface area (Å²) in [7, 11) is -1.29. The molecule has 0 radical (unpaired) electrons. The molecule has 1 aromatic carbocycles. The van der Waals surface area contributed by atoms with Gasteiger partial charge >= 0.3 is 6.09 Å². The van der Waals surface area contributed by atoms with Gasteiger partial charge in [-0.15, -0.1) is 0 Å². The molecular weight excluding hydrogens is 474 g/mol.